The number of terminal acetylenes is 1. The Labute approximate surface area is 123 Å². The molecule has 0 nitrogen and oxygen atoms in total. The molecule has 1 aliphatic carbocycles. The summed E-state index contributed by atoms with van der Waals surface area (Å²) in [6, 6.07) is 8.73. The standard InChI is InChI=1S/C20H24/c1-4-5-6-7-8-9-13-18-15-17-12-10-11-14-19(17)20(18)16(2)3/h1,10-12,14-15H,5-9,13H2,2-3H3. The lowest BCUT2D eigenvalue weighted by molar-refractivity contribution is 0.653. The largest absolute Gasteiger partial charge is 0.120 e. The molecule has 0 heteroatoms. The summed E-state index contributed by atoms with van der Waals surface area (Å²) >= 11 is 0. The van der Waals surface area contributed by atoms with Crippen molar-refractivity contribution in [3.05, 3.63) is 46.5 Å². The first-order valence-corrected chi connectivity index (χ1v) is 7.65. The highest BCUT2D eigenvalue weighted by Gasteiger charge is 2.18. The van der Waals surface area contributed by atoms with E-state index in [1.165, 1.54) is 60.0 Å². The minimum Gasteiger partial charge on any atom is -0.120 e. The SMILES string of the molecule is C#CCCCCCCC1=Cc2ccccc2C1=C(C)C. The molecule has 0 aromatic heterocycles. The molecule has 20 heavy (non-hydrogen) atoms. The molecule has 0 N–H and O–H groups in total. The highest BCUT2D eigenvalue weighted by atomic mass is 14.2. The first-order chi connectivity index (χ1) is 9.74. The van der Waals surface area contributed by atoms with Crippen molar-refractivity contribution in [1.29, 1.82) is 0 Å². The zero-order chi connectivity index (χ0) is 14.4. The monoisotopic (exact) mass is 264 g/mol. The number of unbranched alkanes of at least 4 members (excludes halogenated alkanes) is 4. The van der Waals surface area contributed by atoms with Gasteiger partial charge in [0.2, 0.25) is 0 Å². The second kappa shape index (κ2) is 7.15. The van der Waals surface area contributed by atoms with Crippen LogP contribution >= 0.6 is 0 Å². The lowest BCUT2D eigenvalue weighted by Gasteiger charge is -2.10. The van der Waals surface area contributed by atoms with E-state index in [-0.39, 0.29) is 0 Å². The number of fused-ring (bicyclic) bond motifs is 1. The summed E-state index contributed by atoms with van der Waals surface area (Å²) in [4.78, 5) is 0. The number of hydrogen-bond donors (Lipinski definition) is 0. The molecule has 0 radical (unpaired) electrons. The summed E-state index contributed by atoms with van der Waals surface area (Å²) in [6.45, 7) is 4.44. The van der Waals surface area contributed by atoms with E-state index in [2.05, 4.69) is 50.1 Å². The second-order valence-corrected chi connectivity index (χ2v) is 5.75. The predicted molar refractivity (Wildman–Crippen MR) is 89.2 cm³/mol. The third-order valence-electron chi connectivity index (χ3n) is 3.90. The maximum absolute atomic E-state index is 5.28. The molecule has 0 aliphatic heterocycles. The van der Waals surface area contributed by atoms with Crippen molar-refractivity contribution in [3.63, 3.8) is 0 Å². The highest BCUT2D eigenvalue weighted by Crippen LogP contribution is 2.39. The molecule has 104 valence electrons. The van der Waals surface area contributed by atoms with E-state index in [0.717, 1.165) is 6.42 Å². The Balaban J connectivity index is 1.96. The Bertz CT molecular complexity index is 560. The number of benzene rings is 1. The zero-order valence-electron chi connectivity index (χ0n) is 12.7. The normalized spacial score (nSPS) is 12.8. The van der Waals surface area contributed by atoms with E-state index in [4.69, 9.17) is 6.42 Å². The van der Waals surface area contributed by atoms with E-state index >= 15 is 0 Å². The summed E-state index contributed by atoms with van der Waals surface area (Å²) < 4.78 is 0. The fourth-order valence-electron chi connectivity index (χ4n) is 2.97. The quantitative estimate of drug-likeness (QED) is 0.446. The van der Waals surface area contributed by atoms with Crippen molar-refractivity contribution in [2.75, 3.05) is 0 Å². The minimum absolute atomic E-state index is 0.924. The van der Waals surface area contributed by atoms with Crippen LogP contribution in [-0.4, -0.2) is 0 Å². The number of rotatable bonds is 6. The van der Waals surface area contributed by atoms with Crippen molar-refractivity contribution < 1.29 is 0 Å². The number of hydrogen-bond acceptors (Lipinski definition) is 0. The third-order valence-corrected chi connectivity index (χ3v) is 3.90. The van der Waals surface area contributed by atoms with Crippen LogP contribution < -0.4 is 0 Å². The van der Waals surface area contributed by atoms with Gasteiger partial charge in [0.15, 0.2) is 0 Å². The van der Waals surface area contributed by atoms with Crippen molar-refractivity contribution in [2.24, 2.45) is 0 Å². The van der Waals surface area contributed by atoms with E-state index in [9.17, 15) is 0 Å². The van der Waals surface area contributed by atoms with Gasteiger partial charge in [-0.15, -0.1) is 12.3 Å². The summed E-state index contributed by atoms with van der Waals surface area (Å²) in [5.41, 5.74) is 7.21. The molecule has 0 amide bonds. The predicted octanol–water partition coefficient (Wildman–Crippen LogP) is 5.85. The zero-order valence-corrected chi connectivity index (χ0v) is 12.7. The molecule has 1 aromatic rings. The van der Waals surface area contributed by atoms with Gasteiger partial charge in [-0.05, 0) is 55.4 Å². The Hall–Kier alpha value is -1.74. The van der Waals surface area contributed by atoms with E-state index in [0.29, 0.717) is 0 Å². The Morgan fingerprint density at radius 2 is 1.80 bits per heavy atom. The average molecular weight is 264 g/mol. The molecular formula is C20H24. The smallest absolute Gasteiger partial charge is 0.00860 e. The molecule has 0 atom stereocenters. The topological polar surface area (TPSA) is 0 Å². The van der Waals surface area contributed by atoms with Gasteiger partial charge in [-0.2, -0.15) is 0 Å². The van der Waals surface area contributed by atoms with Crippen LogP contribution in [0.4, 0.5) is 0 Å². The fraction of sp³-hybridized carbons (Fsp3) is 0.400. The first-order valence-electron chi connectivity index (χ1n) is 7.65. The van der Waals surface area contributed by atoms with Crippen LogP contribution in [0.25, 0.3) is 11.6 Å². The molecule has 0 fully saturated rings. The van der Waals surface area contributed by atoms with Gasteiger partial charge >= 0.3 is 0 Å². The molecule has 1 aromatic carbocycles. The van der Waals surface area contributed by atoms with Crippen LogP contribution in [0.1, 0.15) is 63.5 Å². The van der Waals surface area contributed by atoms with Crippen molar-refractivity contribution >= 4 is 11.6 Å². The average Bonchev–Trinajstić information content (AvgIpc) is 2.81. The maximum Gasteiger partial charge on any atom is 0.00860 e. The Morgan fingerprint density at radius 1 is 1.05 bits per heavy atom. The molecular weight excluding hydrogens is 240 g/mol. The van der Waals surface area contributed by atoms with Crippen LogP contribution in [0.3, 0.4) is 0 Å². The summed E-state index contributed by atoms with van der Waals surface area (Å²) in [7, 11) is 0. The van der Waals surface area contributed by atoms with Gasteiger partial charge in [-0.3, -0.25) is 0 Å². The Kier molecular flexibility index (Phi) is 5.24. The fourth-order valence-corrected chi connectivity index (χ4v) is 2.97. The lowest BCUT2D eigenvalue weighted by Crippen LogP contribution is -1.89. The number of allylic oxidation sites excluding steroid dienone is 3. The lowest BCUT2D eigenvalue weighted by atomic mass is 9.95. The van der Waals surface area contributed by atoms with Gasteiger partial charge in [0, 0.05) is 6.42 Å². The van der Waals surface area contributed by atoms with E-state index in [1.807, 2.05) is 0 Å². The molecule has 0 heterocycles. The van der Waals surface area contributed by atoms with Crippen LogP contribution in [0.15, 0.2) is 35.4 Å². The summed E-state index contributed by atoms with van der Waals surface area (Å²) in [5.74, 6) is 2.71. The van der Waals surface area contributed by atoms with Crippen molar-refractivity contribution in [2.45, 2.75) is 52.4 Å². The van der Waals surface area contributed by atoms with Gasteiger partial charge in [-0.25, -0.2) is 0 Å². The minimum atomic E-state index is 0.924. The first kappa shape index (κ1) is 14.7. The van der Waals surface area contributed by atoms with Crippen LogP contribution in [0.5, 0.6) is 0 Å². The van der Waals surface area contributed by atoms with Gasteiger partial charge in [-0.1, -0.05) is 48.8 Å². The van der Waals surface area contributed by atoms with E-state index in [1.54, 1.807) is 0 Å². The molecule has 0 bridgehead atoms. The van der Waals surface area contributed by atoms with Gasteiger partial charge in [0.1, 0.15) is 0 Å². The Morgan fingerprint density at radius 3 is 2.55 bits per heavy atom. The highest BCUT2D eigenvalue weighted by molar-refractivity contribution is 5.95. The maximum atomic E-state index is 5.28. The molecule has 0 spiro atoms. The molecule has 0 saturated heterocycles. The van der Waals surface area contributed by atoms with Crippen LogP contribution in [-0.2, 0) is 0 Å². The molecule has 1 aliphatic rings. The van der Waals surface area contributed by atoms with Gasteiger partial charge in [0.05, 0.1) is 0 Å². The van der Waals surface area contributed by atoms with E-state index < -0.39 is 0 Å². The molecule has 0 saturated carbocycles. The summed E-state index contributed by atoms with van der Waals surface area (Å²) in [6.07, 6.45) is 14.7. The molecule has 0 unspecified atom stereocenters. The molecule has 2 rings (SSSR count). The van der Waals surface area contributed by atoms with Crippen molar-refractivity contribution in [1.82, 2.24) is 0 Å². The van der Waals surface area contributed by atoms with Crippen molar-refractivity contribution in [3.8, 4) is 12.3 Å². The van der Waals surface area contributed by atoms with Crippen LogP contribution in [0, 0.1) is 12.3 Å². The van der Waals surface area contributed by atoms with Crippen LogP contribution in [0.2, 0.25) is 0 Å². The van der Waals surface area contributed by atoms with Gasteiger partial charge in [0.25, 0.3) is 0 Å². The second-order valence-electron chi connectivity index (χ2n) is 5.75. The summed E-state index contributed by atoms with van der Waals surface area (Å²) in [5, 5.41) is 0. The third kappa shape index (κ3) is 3.42. The van der Waals surface area contributed by atoms with Gasteiger partial charge < -0.3 is 0 Å².